The van der Waals surface area contributed by atoms with Gasteiger partial charge in [0.2, 0.25) is 0 Å². The van der Waals surface area contributed by atoms with Crippen molar-refractivity contribution in [2.45, 2.75) is 6.61 Å². The lowest BCUT2D eigenvalue weighted by atomic mass is 10.1. The van der Waals surface area contributed by atoms with Crippen molar-refractivity contribution in [3.63, 3.8) is 0 Å². The van der Waals surface area contributed by atoms with Crippen molar-refractivity contribution in [1.29, 1.82) is 0 Å². The molecule has 1 N–H and O–H groups in total. The van der Waals surface area contributed by atoms with Gasteiger partial charge in [-0.15, -0.1) is 11.3 Å². The predicted octanol–water partition coefficient (Wildman–Crippen LogP) is 4.20. The van der Waals surface area contributed by atoms with Crippen LogP contribution in [0.2, 0.25) is 0 Å². The Bertz CT molecular complexity index is 663. The van der Waals surface area contributed by atoms with Gasteiger partial charge in [0.05, 0.1) is 10.9 Å². The Morgan fingerprint density at radius 1 is 1.38 bits per heavy atom. The van der Waals surface area contributed by atoms with Gasteiger partial charge in [-0.05, 0) is 46.3 Å². The van der Waals surface area contributed by atoms with Crippen molar-refractivity contribution >= 4 is 39.3 Å². The number of carboxylic acids is 1. The van der Waals surface area contributed by atoms with Crippen LogP contribution in [0.1, 0.15) is 10.4 Å². The van der Waals surface area contributed by atoms with E-state index in [0.717, 1.165) is 14.7 Å². The smallest absolute Gasteiger partial charge is 0.328 e. The zero-order chi connectivity index (χ0) is 15.2. The Morgan fingerprint density at radius 2 is 2.19 bits per heavy atom. The van der Waals surface area contributed by atoms with Crippen LogP contribution in [-0.2, 0) is 11.4 Å². The monoisotopic (exact) mass is 368 g/mol. The minimum absolute atomic E-state index is 0.414. The van der Waals surface area contributed by atoms with Crippen molar-refractivity contribution in [2.24, 2.45) is 0 Å². The van der Waals surface area contributed by atoms with Gasteiger partial charge in [-0.1, -0.05) is 0 Å². The zero-order valence-electron chi connectivity index (χ0n) is 11.2. The molecule has 6 heteroatoms. The first-order valence-corrected chi connectivity index (χ1v) is 7.65. The van der Waals surface area contributed by atoms with Crippen LogP contribution in [0.25, 0.3) is 6.08 Å². The highest BCUT2D eigenvalue weighted by Crippen LogP contribution is 2.28. The molecule has 1 aromatic carbocycles. The Balaban J connectivity index is 2.19. The van der Waals surface area contributed by atoms with E-state index < -0.39 is 5.97 Å². The number of methoxy groups -OCH3 is 1. The fourth-order valence-corrected chi connectivity index (χ4v) is 3.04. The van der Waals surface area contributed by atoms with Crippen LogP contribution in [0, 0.1) is 0 Å². The summed E-state index contributed by atoms with van der Waals surface area (Å²) in [5.41, 5.74) is 0.689. The Kier molecular flexibility index (Phi) is 5.41. The first-order valence-electron chi connectivity index (χ1n) is 6.04. The second-order valence-corrected chi connectivity index (χ2v) is 6.62. The molecule has 0 aliphatic carbocycles. The van der Waals surface area contributed by atoms with Crippen molar-refractivity contribution < 1.29 is 19.4 Å². The van der Waals surface area contributed by atoms with E-state index in [1.807, 2.05) is 12.1 Å². The van der Waals surface area contributed by atoms with Crippen LogP contribution in [0.3, 0.4) is 0 Å². The molecule has 0 bridgehead atoms. The highest BCUT2D eigenvalue weighted by molar-refractivity contribution is 9.11. The highest BCUT2D eigenvalue weighted by atomic mass is 79.9. The normalized spacial score (nSPS) is 10.8. The van der Waals surface area contributed by atoms with Gasteiger partial charge in [-0.3, -0.25) is 0 Å². The summed E-state index contributed by atoms with van der Waals surface area (Å²) >= 11 is 4.99. The lowest BCUT2D eigenvalue weighted by Gasteiger charge is -2.10. The van der Waals surface area contributed by atoms with Crippen molar-refractivity contribution in [3.05, 3.63) is 50.6 Å². The SMILES string of the molecule is COc1ccc(C=CC(=O)O)c(OCc2ccc(Br)s2)c1. The minimum Gasteiger partial charge on any atom is -0.497 e. The molecular formula is C15H13BrO4S. The van der Waals surface area contributed by atoms with E-state index >= 15 is 0 Å². The molecule has 0 saturated carbocycles. The number of aliphatic carboxylic acids is 1. The molecule has 1 aromatic heterocycles. The number of hydrogen-bond acceptors (Lipinski definition) is 4. The third-order valence-corrected chi connectivity index (χ3v) is 4.22. The van der Waals surface area contributed by atoms with E-state index in [2.05, 4.69) is 15.9 Å². The van der Waals surface area contributed by atoms with Gasteiger partial charge in [0.1, 0.15) is 18.1 Å². The van der Waals surface area contributed by atoms with Crippen LogP contribution < -0.4 is 9.47 Å². The van der Waals surface area contributed by atoms with E-state index in [4.69, 9.17) is 14.6 Å². The molecule has 0 unspecified atom stereocenters. The third-order valence-electron chi connectivity index (χ3n) is 2.62. The standard InChI is InChI=1S/C15H13BrO4S/c1-19-11-4-2-10(3-7-15(17)18)13(8-11)20-9-12-5-6-14(16)21-12/h2-8H,9H2,1H3,(H,17,18). The summed E-state index contributed by atoms with van der Waals surface area (Å²) in [7, 11) is 1.57. The molecule has 0 atom stereocenters. The second kappa shape index (κ2) is 7.28. The van der Waals surface area contributed by atoms with Gasteiger partial charge in [0.15, 0.2) is 0 Å². The molecule has 21 heavy (non-hydrogen) atoms. The summed E-state index contributed by atoms with van der Waals surface area (Å²) in [5.74, 6) is 0.236. The molecule has 110 valence electrons. The summed E-state index contributed by atoms with van der Waals surface area (Å²) < 4.78 is 12.0. The topological polar surface area (TPSA) is 55.8 Å². The molecule has 2 rings (SSSR count). The third kappa shape index (κ3) is 4.61. The van der Waals surface area contributed by atoms with Gasteiger partial charge in [0.25, 0.3) is 0 Å². The van der Waals surface area contributed by atoms with Crippen LogP contribution in [-0.4, -0.2) is 18.2 Å². The van der Waals surface area contributed by atoms with Crippen molar-refractivity contribution in [1.82, 2.24) is 0 Å². The number of thiophene rings is 1. The van der Waals surface area contributed by atoms with Crippen LogP contribution in [0.15, 0.2) is 40.2 Å². The Hall–Kier alpha value is -1.79. The summed E-state index contributed by atoms with van der Waals surface area (Å²) in [6, 6.07) is 9.19. The molecule has 2 aromatic rings. The van der Waals surface area contributed by atoms with E-state index in [0.29, 0.717) is 23.7 Å². The number of benzene rings is 1. The molecule has 0 spiro atoms. The Labute approximate surface area is 134 Å². The van der Waals surface area contributed by atoms with E-state index in [-0.39, 0.29) is 0 Å². The first-order chi connectivity index (χ1) is 10.1. The van der Waals surface area contributed by atoms with E-state index in [9.17, 15) is 4.79 Å². The maximum Gasteiger partial charge on any atom is 0.328 e. The number of ether oxygens (including phenoxy) is 2. The molecule has 4 nitrogen and oxygen atoms in total. The predicted molar refractivity (Wildman–Crippen MR) is 86.0 cm³/mol. The number of rotatable bonds is 6. The number of hydrogen-bond donors (Lipinski definition) is 1. The largest absolute Gasteiger partial charge is 0.497 e. The Morgan fingerprint density at radius 3 is 2.81 bits per heavy atom. The van der Waals surface area contributed by atoms with Crippen molar-refractivity contribution in [2.75, 3.05) is 7.11 Å². The van der Waals surface area contributed by atoms with Gasteiger partial charge in [-0.2, -0.15) is 0 Å². The zero-order valence-corrected chi connectivity index (χ0v) is 13.6. The maximum absolute atomic E-state index is 10.6. The molecule has 0 aliphatic rings. The van der Waals surface area contributed by atoms with Gasteiger partial charge >= 0.3 is 5.97 Å². The fourth-order valence-electron chi connectivity index (χ4n) is 1.64. The maximum atomic E-state index is 10.6. The van der Waals surface area contributed by atoms with Gasteiger partial charge in [0, 0.05) is 22.6 Å². The molecule has 1 heterocycles. The first kappa shape index (κ1) is 15.6. The summed E-state index contributed by atoms with van der Waals surface area (Å²) in [6.45, 7) is 0.414. The van der Waals surface area contributed by atoms with Gasteiger partial charge < -0.3 is 14.6 Å². The minimum atomic E-state index is -1.00. The average Bonchev–Trinajstić information content (AvgIpc) is 2.88. The van der Waals surface area contributed by atoms with Crippen LogP contribution in [0.5, 0.6) is 11.5 Å². The number of carboxylic acid groups (broad SMARTS) is 1. The lowest BCUT2D eigenvalue weighted by molar-refractivity contribution is -0.131. The van der Waals surface area contributed by atoms with Crippen molar-refractivity contribution in [3.8, 4) is 11.5 Å². The average molecular weight is 369 g/mol. The van der Waals surface area contributed by atoms with Crippen LogP contribution >= 0.6 is 27.3 Å². The molecule has 0 fully saturated rings. The number of carbonyl (C=O) groups is 1. The molecule has 0 saturated heterocycles. The lowest BCUT2D eigenvalue weighted by Crippen LogP contribution is -1.96. The highest BCUT2D eigenvalue weighted by Gasteiger charge is 2.06. The molecule has 0 radical (unpaired) electrons. The molecule has 0 amide bonds. The summed E-state index contributed by atoms with van der Waals surface area (Å²) in [6.07, 6.45) is 2.58. The van der Waals surface area contributed by atoms with Gasteiger partial charge in [-0.25, -0.2) is 4.79 Å². The van der Waals surface area contributed by atoms with Crippen LogP contribution in [0.4, 0.5) is 0 Å². The quantitative estimate of drug-likeness (QED) is 0.776. The number of halogens is 1. The van der Waals surface area contributed by atoms with E-state index in [1.165, 1.54) is 6.08 Å². The summed E-state index contributed by atoms with van der Waals surface area (Å²) in [4.78, 5) is 11.7. The fraction of sp³-hybridized carbons (Fsp3) is 0.133. The summed E-state index contributed by atoms with van der Waals surface area (Å²) in [5, 5.41) is 8.72. The second-order valence-electron chi connectivity index (χ2n) is 4.07. The van der Waals surface area contributed by atoms with E-state index in [1.54, 1.807) is 36.6 Å². The molecular weight excluding hydrogens is 356 g/mol. The molecule has 0 aliphatic heterocycles.